The van der Waals surface area contributed by atoms with Crippen molar-refractivity contribution in [3.8, 4) is 5.75 Å². The van der Waals surface area contributed by atoms with Crippen LogP contribution in [0.2, 0.25) is 0 Å². The second kappa shape index (κ2) is 17.2. The van der Waals surface area contributed by atoms with E-state index >= 15 is 0 Å². The second-order valence-corrected chi connectivity index (χ2v) is 13.3. The molecule has 2 fully saturated rings. The van der Waals surface area contributed by atoms with Crippen LogP contribution in [0.5, 0.6) is 5.75 Å². The molecule has 236 valence electrons. The van der Waals surface area contributed by atoms with E-state index in [-0.39, 0.29) is 28.8 Å². The van der Waals surface area contributed by atoms with Crippen LogP contribution in [0.25, 0.3) is 0 Å². The number of aliphatic hydroxyl groups excluding tert-OH is 1. The van der Waals surface area contributed by atoms with E-state index in [1.165, 1.54) is 5.56 Å². The highest BCUT2D eigenvalue weighted by Crippen LogP contribution is 2.44. The minimum atomic E-state index is -0.393. The number of ether oxygens (including phenoxy) is 2. The summed E-state index contributed by atoms with van der Waals surface area (Å²) in [6.45, 7) is 7.86. The largest absolute Gasteiger partial charge is 0.497 e. The molecular weight excluding hydrogens is 526 g/mol. The van der Waals surface area contributed by atoms with Crippen molar-refractivity contribution >= 4 is 11.7 Å². The van der Waals surface area contributed by atoms with Gasteiger partial charge in [-0.25, -0.2) is 0 Å². The fourth-order valence-corrected chi connectivity index (χ4v) is 7.07. The van der Waals surface area contributed by atoms with Gasteiger partial charge in [-0.2, -0.15) is 0 Å². The fraction of sp³-hybridized carbons (Fsp3) is 0.722. The Morgan fingerprint density at radius 3 is 2.62 bits per heavy atom. The summed E-state index contributed by atoms with van der Waals surface area (Å²) in [6, 6.07) is 8.38. The molecule has 6 heteroatoms. The molecule has 1 aromatic rings. The standard InChI is InChI=1S/C36H57NO5/c1-5-6-9-12-30(38)19-15-28-16-22-33(39)32(28)13-10-7-8-11-14-34(40)37-25-23-36(24-26-42-35(2,3)27-36)29-17-20-31(41-4)21-18-29/h15,17-21,28,30,32,38H,5-14,16,22-27H2,1-4H3,(H,37,40)/t28-,30-,32+,36?/m0/s1. The molecule has 1 saturated carbocycles. The van der Waals surface area contributed by atoms with Gasteiger partial charge < -0.3 is 19.9 Å². The van der Waals surface area contributed by atoms with E-state index in [0.29, 0.717) is 25.2 Å². The van der Waals surface area contributed by atoms with Crippen LogP contribution in [0, 0.1) is 11.8 Å². The molecule has 2 N–H and O–H groups in total. The van der Waals surface area contributed by atoms with Crippen molar-refractivity contribution in [1.82, 2.24) is 5.32 Å². The predicted molar refractivity (Wildman–Crippen MR) is 170 cm³/mol. The van der Waals surface area contributed by atoms with Gasteiger partial charge in [0.1, 0.15) is 11.5 Å². The Bertz CT molecular complexity index is 987. The van der Waals surface area contributed by atoms with Gasteiger partial charge in [0.05, 0.1) is 18.8 Å². The first-order valence-electron chi connectivity index (χ1n) is 16.6. The molecule has 0 aromatic heterocycles. The van der Waals surface area contributed by atoms with Crippen LogP contribution in [0.1, 0.15) is 123 Å². The van der Waals surface area contributed by atoms with Crippen molar-refractivity contribution in [3.63, 3.8) is 0 Å². The van der Waals surface area contributed by atoms with Crippen LogP contribution in [-0.4, -0.2) is 48.8 Å². The highest BCUT2D eigenvalue weighted by Gasteiger charge is 2.41. The van der Waals surface area contributed by atoms with Crippen LogP contribution in [0.4, 0.5) is 0 Å². The Hall–Kier alpha value is -2.18. The van der Waals surface area contributed by atoms with Crippen molar-refractivity contribution < 1.29 is 24.2 Å². The third kappa shape index (κ3) is 10.8. The lowest BCUT2D eigenvalue weighted by atomic mass is 9.67. The van der Waals surface area contributed by atoms with Crippen molar-refractivity contribution in [1.29, 1.82) is 0 Å². The summed E-state index contributed by atoms with van der Waals surface area (Å²) in [5.74, 6) is 1.73. The maximum atomic E-state index is 12.6. The normalized spacial score (nSPS) is 24.6. The highest BCUT2D eigenvalue weighted by molar-refractivity contribution is 5.83. The molecule has 42 heavy (non-hydrogen) atoms. The lowest BCUT2D eigenvalue weighted by Crippen LogP contribution is -2.45. The Labute approximate surface area is 255 Å². The number of aliphatic hydroxyl groups is 1. The Balaban J connectivity index is 1.35. The molecule has 1 aliphatic carbocycles. The monoisotopic (exact) mass is 583 g/mol. The summed E-state index contributed by atoms with van der Waals surface area (Å²) in [4.78, 5) is 25.1. The first kappa shape index (κ1) is 34.3. The second-order valence-electron chi connectivity index (χ2n) is 13.3. The van der Waals surface area contributed by atoms with E-state index in [0.717, 1.165) is 95.8 Å². The number of nitrogens with one attached hydrogen (secondary N) is 1. The number of ketones is 1. The average molecular weight is 584 g/mol. The van der Waals surface area contributed by atoms with Gasteiger partial charge in [0.15, 0.2) is 0 Å². The number of allylic oxidation sites excluding steroid dienone is 1. The number of rotatable bonds is 18. The minimum absolute atomic E-state index is 0.0286. The van der Waals surface area contributed by atoms with Gasteiger partial charge in [0.25, 0.3) is 0 Å². The number of hydrogen-bond donors (Lipinski definition) is 2. The molecular formula is C36H57NO5. The summed E-state index contributed by atoms with van der Waals surface area (Å²) in [6.07, 6.45) is 17.5. The Kier molecular flexibility index (Phi) is 14.1. The van der Waals surface area contributed by atoms with E-state index in [1.54, 1.807) is 7.11 Å². The Morgan fingerprint density at radius 2 is 1.90 bits per heavy atom. The molecule has 1 amide bonds. The number of methoxy groups -OCH3 is 1. The molecule has 3 rings (SSSR count). The van der Waals surface area contributed by atoms with Gasteiger partial charge in [-0.1, -0.05) is 69.7 Å². The molecule has 1 saturated heterocycles. The lowest BCUT2D eigenvalue weighted by Gasteiger charge is -2.45. The van der Waals surface area contributed by atoms with E-state index < -0.39 is 6.10 Å². The maximum Gasteiger partial charge on any atom is 0.219 e. The van der Waals surface area contributed by atoms with Crippen molar-refractivity contribution in [2.75, 3.05) is 20.3 Å². The SMILES string of the molecule is CCCCC[C@H](O)C=C[C@H]1CCC(=O)[C@@H]1CCCCCCC(=O)NCCC1(c2ccc(OC)cc2)CCOC(C)(C)C1. The van der Waals surface area contributed by atoms with Crippen molar-refractivity contribution in [2.45, 2.75) is 134 Å². The topological polar surface area (TPSA) is 84.9 Å². The molecule has 1 unspecified atom stereocenters. The van der Waals surface area contributed by atoms with Crippen LogP contribution in [0.3, 0.4) is 0 Å². The van der Waals surface area contributed by atoms with Crippen molar-refractivity contribution in [2.24, 2.45) is 11.8 Å². The van der Waals surface area contributed by atoms with Gasteiger partial charge in [-0.15, -0.1) is 0 Å². The third-order valence-corrected chi connectivity index (χ3v) is 9.47. The maximum absolute atomic E-state index is 12.6. The van der Waals surface area contributed by atoms with Gasteiger partial charge in [0.2, 0.25) is 5.91 Å². The summed E-state index contributed by atoms with van der Waals surface area (Å²) in [5, 5.41) is 13.4. The molecule has 1 aliphatic heterocycles. The van der Waals surface area contributed by atoms with Crippen LogP contribution in [0.15, 0.2) is 36.4 Å². The molecule has 6 nitrogen and oxygen atoms in total. The lowest BCUT2D eigenvalue weighted by molar-refractivity contribution is -0.122. The highest BCUT2D eigenvalue weighted by atomic mass is 16.5. The van der Waals surface area contributed by atoms with E-state index in [1.807, 2.05) is 18.2 Å². The molecule has 1 heterocycles. The zero-order valence-electron chi connectivity index (χ0n) is 26.8. The molecule has 4 atom stereocenters. The van der Waals surface area contributed by atoms with Crippen LogP contribution < -0.4 is 10.1 Å². The molecule has 1 aromatic carbocycles. The van der Waals surface area contributed by atoms with Gasteiger partial charge in [-0.05, 0) is 82.4 Å². The summed E-state index contributed by atoms with van der Waals surface area (Å²) >= 11 is 0. The fourth-order valence-electron chi connectivity index (χ4n) is 7.07. The number of Topliss-reactive ketones (excluding diaryl/α,β-unsaturated/α-hetero) is 1. The van der Waals surface area contributed by atoms with Gasteiger partial charge in [-0.3, -0.25) is 9.59 Å². The van der Waals surface area contributed by atoms with Crippen LogP contribution >= 0.6 is 0 Å². The van der Waals surface area contributed by atoms with Gasteiger partial charge >= 0.3 is 0 Å². The number of hydrogen-bond acceptors (Lipinski definition) is 5. The van der Waals surface area contributed by atoms with Gasteiger partial charge in [0, 0.05) is 37.3 Å². The summed E-state index contributed by atoms with van der Waals surface area (Å²) < 4.78 is 11.4. The third-order valence-electron chi connectivity index (χ3n) is 9.47. The van der Waals surface area contributed by atoms with Crippen LogP contribution in [-0.2, 0) is 19.7 Å². The number of carbonyl (C=O) groups excluding carboxylic acids is 2. The quantitative estimate of drug-likeness (QED) is 0.138. The zero-order valence-corrected chi connectivity index (χ0v) is 26.8. The zero-order chi connectivity index (χ0) is 30.4. The Morgan fingerprint density at radius 1 is 1.14 bits per heavy atom. The minimum Gasteiger partial charge on any atom is -0.497 e. The molecule has 0 bridgehead atoms. The summed E-state index contributed by atoms with van der Waals surface area (Å²) in [5.41, 5.74) is 1.06. The summed E-state index contributed by atoms with van der Waals surface area (Å²) in [7, 11) is 1.69. The number of benzene rings is 1. The first-order chi connectivity index (χ1) is 20.2. The number of amides is 1. The molecule has 2 aliphatic rings. The van der Waals surface area contributed by atoms with E-state index in [4.69, 9.17) is 9.47 Å². The molecule has 0 radical (unpaired) electrons. The first-order valence-corrected chi connectivity index (χ1v) is 16.6. The van der Waals surface area contributed by atoms with E-state index in [2.05, 4.69) is 44.3 Å². The van der Waals surface area contributed by atoms with Crippen molar-refractivity contribution in [3.05, 3.63) is 42.0 Å². The average Bonchev–Trinajstić information content (AvgIpc) is 3.32. The smallest absolute Gasteiger partial charge is 0.219 e. The predicted octanol–water partition coefficient (Wildman–Crippen LogP) is 7.46. The number of unbranched alkanes of at least 4 members (excludes halogenated alkanes) is 5. The molecule has 0 spiro atoms. The number of carbonyl (C=O) groups is 2. The van der Waals surface area contributed by atoms with E-state index in [9.17, 15) is 14.7 Å².